The van der Waals surface area contributed by atoms with Gasteiger partial charge in [-0.05, 0) is 54.5 Å². The van der Waals surface area contributed by atoms with E-state index in [9.17, 15) is 4.79 Å². The van der Waals surface area contributed by atoms with Crippen molar-refractivity contribution in [3.63, 3.8) is 0 Å². The van der Waals surface area contributed by atoms with Gasteiger partial charge in [0.1, 0.15) is 17.0 Å². The minimum Gasteiger partial charge on any atom is -0.496 e. The van der Waals surface area contributed by atoms with Crippen LogP contribution in [0.4, 0.5) is 0 Å². The Kier molecular flexibility index (Phi) is 6.71. The van der Waals surface area contributed by atoms with Crippen molar-refractivity contribution in [3.05, 3.63) is 64.4 Å². The number of benzene rings is 1. The molecule has 0 aliphatic heterocycles. The van der Waals surface area contributed by atoms with Crippen LogP contribution in [-0.4, -0.2) is 37.4 Å². The number of ketones is 1. The molecule has 180 valence electrons. The number of nitrogens with zero attached hydrogens (tertiary/aromatic N) is 5. The molecule has 1 aliphatic carbocycles. The maximum Gasteiger partial charge on any atom is 0.232 e. The third-order valence-corrected chi connectivity index (χ3v) is 7.06. The van der Waals surface area contributed by atoms with Gasteiger partial charge in [0.25, 0.3) is 0 Å². The van der Waals surface area contributed by atoms with E-state index in [4.69, 9.17) is 27.9 Å². The van der Waals surface area contributed by atoms with Crippen LogP contribution in [0, 0.1) is 11.8 Å². The van der Waals surface area contributed by atoms with Crippen LogP contribution in [0.5, 0.6) is 5.75 Å². The van der Waals surface area contributed by atoms with E-state index >= 15 is 0 Å². The Morgan fingerprint density at radius 3 is 2.60 bits per heavy atom. The maximum atomic E-state index is 13.8. The quantitative estimate of drug-likeness (QED) is 0.225. The monoisotopic (exact) mass is 509 g/mol. The molecule has 3 heterocycles. The van der Waals surface area contributed by atoms with Crippen molar-refractivity contribution in [2.75, 3.05) is 7.11 Å². The van der Waals surface area contributed by atoms with E-state index in [1.165, 1.54) is 12.8 Å². The first-order chi connectivity index (χ1) is 16.9. The van der Waals surface area contributed by atoms with Crippen LogP contribution in [0.25, 0.3) is 22.4 Å². The van der Waals surface area contributed by atoms with Crippen LogP contribution in [0.2, 0.25) is 10.3 Å². The van der Waals surface area contributed by atoms with Gasteiger partial charge in [-0.2, -0.15) is 4.98 Å². The molecule has 0 atom stereocenters. The summed E-state index contributed by atoms with van der Waals surface area (Å²) in [5, 5.41) is 0.517. The summed E-state index contributed by atoms with van der Waals surface area (Å²) in [5.41, 5.74) is 2.68. The fourth-order valence-electron chi connectivity index (χ4n) is 4.83. The van der Waals surface area contributed by atoms with Gasteiger partial charge < -0.3 is 9.30 Å². The molecule has 0 spiro atoms. The number of methoxy groups -OCH3 is 1. The largest absolute Gasteiger partial charge is 0.496 e. The lowest BCUT2D eigenvalue weighted by molar-refractivity contribution is 0.102. The molecule has 7 nitrogen and oxygen atoms in total. The van der Waals surface area contributed by atoms with E-state index in [-0.39, 0.29) is 16.9 Å². The molecule has 0 radical (unpaired) electrons. The molecule has 0 saturated heterocycles. The van der Waals surface area contributed by atoms with Crippen molar-refractivity contribution >= 4 is 40.1 Å². The number of halogens is 2. The fourth-order valence-corrected chi connectivity index (χ4v) is 5.16. The van der Waals surface area contributed by atoms with Crippen LogP contribution in [0.15, 0.2) is 42.7 Å². The summed E-state index contributed by atoms with van der Waals surface area (Å²) in [6.45, 7) is 2.92. The zero-order valence-electron chi connectivity index (χ0n) is 19.5. The molecular weight excluding hydrogens is 485 g/mol. The third-order valence-electron chi connectivity index (χ3n) is 6.68. The lowest BCUT2D eigenvalue weighted by atomic mass is 9.83. The Balaban J connectivity index is 1.72. The first-order valence-electron chi connectivity index (χ1n) is 11.7. The molecule has 5 rings (SSSR count). The number of para-hydroxylation sites is 1. The highest BCUT2D eigenvalue weighted by atomic mass is 35.5. The van der Waals surface area contributed by atoms with Crippen molar-refractivity contribution in [2.24, 2.45) is 11.8 Å². The van der Waals surface area contributed by atoms with E-state index in [1.54, 1.807) is 37.7 Å². The number of rotatable bonds is 6. The molecular formula is C26H25Cl2N5O2. The second-order valence-electron chi connectivity index (χ2n) is 9.11. The van der Waals surface area contributed by atoms with Gasteiger partial charge in [0.05, 0.1) is 17.7 Å². The summed E-state index contributed by atoms with van der Waals surface area (Å²) in [4.78, 5) is 31.6. The Morgan fingerprint density at radius 2 is 1.86 bits per heavy atom. The lowest BCUT2D eigenvalue weighted by Crippen LogP contribution is -2.21. The average Bonchev–Trinajstić information content (AvgIpc) is 3.22. The van der Waals surface area contributed by atoms with Crippen LogP contribution in [0.3, 0.4) is 0 Å². The van der Waals surface area contributed by atoms with Gasteiger partial charge in [-0.25, -0.2) is 9.97 Å². The molecule has 4 aromatic rings. The molecule has 1 aliphatic rings. The van der Waals surface area contributed by atoms with Gasteiger partial charge in [0.15, 0.2) is 11.5 Å². The molecule has 3 aromatic heterocycles. The van der Waals surface area contributed by atoms with Crippen LogP contribution < -0.4 is 4.74 Å². The summed E-state index contributed by atoms with van der Waals surface area (Å²) in [5.74, 6) is 1.67. The Labute approximate surface area is 213 Å². The van der Waals surface area contributed by atoms with Crippen LogP contribution in [0.1, 0.15) is 48.8 Å². The van der Waals surface area contributed by atoms with E-state index in [1.807, 2.05) is 16.7 Å². The highest BCUT2D eigenvalue weighted by Gasteiger charge is 2.28. The standard InChI is InChI=1S/C26H25Cl2N5O2/c1-15-7-9-16(10-8-15)14-33-22-21(17-11-18(27)13-29-12-17)30-26(28)32-24(22)31-25(33)23(34)19-5-3-4-6-20(19)35-2/h3-6,11-13,15-16H,7-10,14H2,1-2H3/t15-,16-. The summed E-state index contributed by atoms with van der Waals surface area (Å²) in [6.07, 6.45) is 7.74. The molecule has 0 N–H and O–H groups in total. The topological polar surface area (TPSA) is 82.8 Å². The highest BCUT2D eigenvalue weighted by molar-refractivity contribution is 6.31. The maximum absolute atomic E-state index is 13.8. The Morgan fingerprint density at radius 1 is 1.09 bits per heavy atom. The zero-order chi connectivity index (χ0) is 24.5. The minimum atomic E-state index is -0.240. The number of ether oxygens (including phenoxy) is 1. The van der Waals surface area contributed by atoms with Crippen molar-refractivity contribution in [2.45, 2.75) is 39.2 Å². The highest BCUT2D eigenvalue weighted by Crippen LogP contribution is 2.34. The molecule has 35 heavy (non-hydrogen) atoms. The third kappa shape index (κ3) is 4.75. The predicted octanol–water partition coefficient (Wildman–Crippen LogP) is 6.26. The summed E-state index contributed by atoms with van der Waals surface area (Å²) < 4.78 is 7.41. The molecule has 1 saturated carbocycles. The number of hydrogen-bond acceptors (Lipinski definition) is 6. The number of carbonyl (C=O) groups excluding carboxylic acids is 1. The van der Waals surface area contributed by atoms with Gasteiger partial charge in [-0.1, -0.05) is 43.5 Å². The van der Waals surface area contributed by atoms with Crippen molar-refractivity contribution in [1.82, 2.24) is 24.5 Å². The van der Waals surface area contributed by atoms with E-state index in [0.717, 1.165) is 18.8 Å². The number of pyridine rings is 1. The second kappa shape index (κ2) is 9.91. The summed E-state index contributed by atoms with van der Waals surface area (Å²) in [6, 6.07) is 8.92. The normalized spacial score (nSPS) is 18.1. The first kappa shape index (κ1) is 23.7. The molecule has 9 heteroatoms. The van der Waals surface area contributed by atoms with Gasteiger partial charge in [-0.3, -0.25) is 9.78 Å². The number of aromatic nitrogens is 5. The summed E-state index contributed by atoms with van der Waals surface area (Å²) in [7, 11) is 1.55. The Hall–Kier alpha value is -3.03. The van der Waals surface area contributed by atoms with E-state index in [2.05, 4.69) is 26.9 Å². The number of hydrogen-bond donors (Lipinski definition) is 0. The fraction of sp³-hybridized carbons (Fsp3) is 0.346. The molecule has 1 fully saturated rings. The van der Waals surface area contributed by atoms with Crippen molar-refractivity contribution in [3.8, 4) is 17.0 Å². The van der Waals surface area contributed by atoms with E-state index < -0.39 is 0 Å². The molecule has 0 bridgehead atoms. The van der Waals surface area contributed by atoms with Gasteiger partial charge in [-0.15, -0.1) is 0 Å². The summed E-state index contributed by atoms with van der Waals surface area (Å²) >= 11 is 12.5. The van der Waals surface area contributed by atoms with Crippen LogP contribution in [-0.2, 0) is 6.54 Å². The molecule has 1 aromatic carbocycles. The van der Waals surface area contributed by atoms with Crippen molar-refractivity contribution < 1.29 is 9.53 Å². The smallest absolute Gasteiger partial charge is 0.232 e. The SMILES string of the molecule is COc1ccccc1C(=O)c1nc2nc(Cl)nc(-c3cncc(Cl)c3)c2n1C[C@H]1CC[C@H](C)CC1. The van der Waals surface area contributed by atoms with Gasteiger partial charge in [0.2, 0.25) is 11.1 Å². The lowest BCUT2D eigenvalue weighted by Gasteiger charge is -2.27. The number of carbonyl (C=O) groups is 1. The van der Waals surface area contributed by atoms with Gasteiger partial charge in [0, 0.05) is 24.5 Å². The second-order valence-corrected chi connectivity index (χ2v) is 9.88. The first-order valence-corrected chi connectivity index (χ1v) is 12.4. The predicted molar refractivity (Wildman–Crippen MR) is 136 cm³/mol. The molecule has 0 amide bonds. The van der Waals surface area contributed by atoms with Gasteiger partial charge >= 0.3 is 0 Å². The zero-order valence-corrected chi connectivity index (χ0v) is 21.1. The van der Waals surface area contributed by atoms with E-state index in [0.29, 0.717) is 51.2 Å². The minimum absolute atomic E-state index is 0.0416. The van der Waals surface area contributed by atoms with Crippen LogP contribution >= 0.6 is 23.2 Å². The molecule has 0 unspecified atom stereocenters. The Bertz CT molecular complexity index is 1400. The number of fused-ring (bicyclic) bond motifs is 1. The average molecular weight is 510 g/mol. The number of imidazole rings is 1. The van der Waals surface area contributed by atoms with Crippen molar-refractivity contribution in [1.29, 1.82) is 0 Å².